The summed E-state index contributed by atoms with van der Waals surface area (Å²) in [5, 5.41) is 0. The average molecular weight is 398 g/mol. The summed E-state index contributed by atoms with van der Waals surface area (Å²) in [4.78, 5) is 0. The molecule has 30 heavy (non-hydrogen) atoms. The van der Waals surface area contributed by atoms with E-state index in [1.165, 1.54) is 65.6 Å². The van der Waals surface area contributed by atoms with Gasteiger partial charge in [0.25, 0.3) is 0 Å². The van der Waals surface area contributed by atoms with Gasteiger partial charge in [0.2, 0.25) is 5.69 Å². The van der Waals surface area contributed by atoms with Gasteiger partial charge in [-0.1, -0.05) is 68.1 Å². The summed E-state index contributed by atoms with van der Waals surface area (Å²) in [6.07, 6.45) is 11.0. The lowest BCUT2D eigenvalue weighted by atomic mass is 9.66. The molecule has 3 aromatic rings. The zero-order valence-corrected chi connectivity index (χ0v) is 18.4. The summed E-state index contributed by atoms with van der Waals surface area (Å²) >= 11 is 0. The Labute approximate surface area is 183 Å². The normalized spacial score (nSPS) is 26.7. The Bertz CT molecular complexity index is 1070. The molecule has 2 aliphatic carbocycles. The van der Waals surface area contributed by atoms with Crippen molar-refractivity contribution in [1.82, 2.24) is 0 Å². The highest BCUT2D eigenvalue weighted by molar-refractivity contribution is 5.66. The fourth-order valence-electron chi connectivity index (χ4n) is 5.79. The number of hydrogen-bond donors (Lipinski definition) is 0. The topological polar surface area (TPSA) is 3.88 Å². The molecule has 2 saturated carbocycles. The molecule has 5 rings (SSSR count). The summed E-state index contributed by atoms with van der Waals surface area (Å²) in [6.45, 7) is 2.17. The standard InChI is InChI=1S/C29H34N/c1-21-7-3-6-10-28(21)29-18-17-27(20-30(29)2)24-13-11-23(12-14-24)26-16-15-22-8-4-5-9-25(22)19-26/h3,6-7,10-14,17-18,20,22,25-26H,4-5,8-9,15-16,19H2,1-2H3/q+1/t22?,25-,26?/m0/s1/i26D. The van der Waals surface area contributed by atoms with Crippen LogP contribution in [-0.2, 0) is 7.05 Å². The fraction of sp³-hybridized carbons (Fsp3) is 0.414. The van der Waals surface area contributed by atoms with Gasteiger partial charge in [0.05, 0.1) is 0 Å². The molecule has 1 aromatic heterocycles. The largest absolute Gasteiger partial charge is 0.212 e. The minimum absolute atomic E-state index is 0.392. The summed E-state index contributed by atoms with van der Waals surface area (Å²) in [5.41, 5.74) is 7.46. The van der Waals surface area contributed by atoms with Crippen molar-refractivity contribution in [3.05, 3.63) is 78.0 Å². The first-order chi connectivity index (χ1) is 15.0. The third kappa shape index (κ3) is 3.83. The summed E-state index contributed by atoms with van der Waals surface area (Å²) in [6, 6.07) is 21.9. The molecule has 0 amide bonds. The van der Waals surface area contributed by atoms with E-state index in [2.05, 4.69) is 85.4 Å². The second-order valence-electron chi connectivity index (χ2n) is 9.46. The van der Waals surface area contributed by atoms with E-state index < -0.39 is 5.89 Å². The van der Waals surface area contributed by atoms with Crippen LogP contribution in [0.3, 0.4) is 0 Å². The highest BCUT2D eigenvalue weighted by Gasteiger charge is 2.32. The minimum atomic E-state index is -0.392. The molecule has 0 saturated heterocycles. The Hall–Kier alpha value is -2.41. The number of rotatable bonds is 3. The van der Waals surface area contributed by atoms with E-state index in [4.69, 9.17) is 0 Å². The van der Waals surface area contributed by atoms with Crippen LogP contribution in [0.1, 0.15) is 63.3 Å². The van der Waals surface area contributed by atoms with Crippen molar-refractivity contribution in [2.24, 2.45) is 18.9 Å². The predicted molar refractivity (Wildman–Crippen MR) is 125 cm³/mol. The Morgan fingerprint density at radius 1 is 0.800 bits per heavy atom. The number of fused-ring (bicyclic) bond motifs is 1. The Kier molecular flexibility index (Phi) is 5.13. The van der Waals surface area contributed by atoms with Crippen LogP contribution >= 0.6 is 0 Å². The lowest BCUT2D eigenvalue weighted by molar-refractivity contribution is -0.659. The van der Waals surface area contributed by atoms with Gasteiger partial charge in [0.1, 0.15) is 7.05 Å². The number of hydrogen-bond acceptors (Lipinski definition) is 0. The molecule has 3 atom stereocenters. The fourth-order valence-corrected chi connectivity index (χ4v) is 5.79. The van der Waals surface area contributed by atoms with Crippen molar-refractivity contribution < 1.29 is 5.94 Å². The van der Waals surface area contributed by atoms with Crippen molar-refractivity contribution in [2.75, 3.05) is 0 Å². The van der Waals surface area contributed by atoms with Crippen molar-refractivity contribution in [3.8, 4) is 22.4 Å². The van der Waals surface area contributed by atoms with Crippen LogP contribution in [0.25, 0.3) is 22.4 Å². The summed E-state index contributed by atoms with van der Waals surface area (Å²) in [5.74, 6) is 1.27. The van der Waals surface area contributed by atoms with Gasteiger partial charge < -0.3 is 0 Å². The van der Waals surface area contributed by atoms with Crippen LogP contribution in [0.2, 0.25) is 0 Å². The molecule has 0 bridgehead atoms. The summed E-state index contributed by atoms with van der Waals surface area (Å²) in [7, 11) is 2.13. The Morgan fingerprint density at radius 2 is 1.53 bits per heavy atom. The maximum absolute atomic E-state index is 9.23. The maximum Gasteiger partial charge on any atom is 0.212 e. The van der Waals surface area contributed by atoms with Crippen LogP contribution in [0.15, 0.2) is 66.9 Å². The van der Waals surface area contributed by atoms with Crippen molar-refractivity contribution in [3.63, 3.8) is 0 Å². The lowest BCUT2D eigenvalue weighted by Crippen LogP contribution is -2.30. The smallest absolute Gasteiger partial charge is 0.200 e. The van der Waals surface area contributed by atoms with E-state index in [0.29, 0.717) is 0 Å². The molecule has 1 heteroatoms. The molecule has 0 aliphatic heterocycles. The molecule has 2 fully saturated rings. The molecule has 0 radical (unpaired) electrons. The highest BCUT2D eigenvalue weighted by atomic mass is 14.9. The molecular formula is C29H34N+. The van der Waals surface area contributed by atoms with Crippen LogP contribution in [0.5, 0.6) is 0 Å². The van der Waals surface area contributed by atoms with E-state index in [1.807, 2.05) is 0 Å². The van der Waals surface area contributed by atoms with Gasteiger partial charge >= 0.3 is 0 Å². The first kappa shape index (κ1) is 18.4. The first-order valence-corrected chi connectivity index (χ1v) is 11.7. The predicted octanol–water partition coefficient (Wildman–Crippen LogP) is 7.23. The molecule has 2 unspecified atom stereocenters. The molecule has 154 valence electrons. The van der Waals surface area contributed by atoms with Crippen LogP contribution < -0.4 is 4.57 Å². The van der Waals surface area contributed by atoms with Crippen LogP contribution in [-0.4, -0.2) is 0 Å². The van der Waals surface area contributed by atoms with Gasteiger partial charge in [-0.2, -0.15) is 0 Å². The van der Waals surface area contributed by atoms with Gasteiger partial charge in [-0.15, -0.1) is 0 Å². The zero-order valence-electron chi connectivity index (χ0n) is 19.4. The van der Waals surface area contributed by atoms with Gasteiger partial charge in [-0.05, 0) is 72.7 Å². The average Bonchev–Trinajstić information content (AvgIpc) is 2.80. The molecule has 2 aromatic carbocycles. The van der Waals surface area contributed by atoms with Crippen LogP contribution in [0.4, 0.5) is 0 Å². The molecule has 0 N–H and O–H groups in total. The molecule has 0 spiro atoms. The second-order valence-corrected chi connectivity index (χ2v) is 9.46. The Balaban J connectivity index is 1.38. The SMILES string of the molecule is [2H]C1(c2ccc(-c3ccc(-c4ccccc4C)[n+](C)c3)cc2)CCC2CCCC[C@H]2C1. The third-order valence-electron chi connectivity index (χ3n) is 7.57. The monoisotopic (exact) mass is 397 g/mol. The van der Waals surface area contributed by atoms with E-state index in [9.17, 15) is 1.37 Å². The van der Waals surface area contributed by atoms with E-state index in [-0.39, 0.29) is 0 Å². The van der Waals surface area contributed by atoms with Crippen LogP contribution in [0, 0.1) is 18.8 Å². The number of aromatic nitrogens is 1. The Morgan fingerprint density at radius 3 is 2.30 bits per heavy atom. The first-order valence-electron chi connectivity index (χ1n) is 12.2. The van der Waals surface area contributed by atoms with Crippen molar-refractivity contribution >= 4 is 0 Å². The molecule has 1 nitrogen and oxygen atoms in total. The van der Waals surface area contributed by atoms with Gasteiger partial charge in [0, 0.05) is 18.6 Å². The van der Waals surface area contributed by atoms with Gasteiger partial charge in [0.15, 0.2) is 6.20 Å². The quantitative estimate of drug-likeness (QED) is 0.411. The second kappa shape index (κ2) is 8.38. The number of pyridine rings is 1. The molecule has 1 heterocycles. The molecular weight excluding hydrogens is 362 g/mol. The van der Waals surface area contributed by atoms with Crippen molar-refractivity contribution in [2.45, 2.75) is 57.8 Å². The number of benzene rings is 2. The maximum atomic E-state index is 9.23. The highest BCUT2D eigenvalue weighted by Crippen LogP contribution is 2.46. The van der Waals surface area contributed by atoms with E-state index in [0.717, 1.165) is 24.7 Å². The minimum Gasteiger partial charge on any atom is -0.200 e. The van der Waals surface area contributed by atoms with Crippen molar-refractivity contribution in [1.29, 1.82) is 0 Å². The van der Waals surface area contributed by atoms with Gasteiger partial charge in [-0.3, -0.25) is 0 Å². The number of aryl methyl sites for hydroxylation is 2. The zero-order chi connectivity index (χ0) is 21.4. The lowest BCUT2D eigenvalue weighted by Gasteiger charge is -2.39. The van der Waals surface area contributed by atoms with E-state index >= 15 is 0 Å². The molecule has 2 aliphatic rings. The summed E-state index contributed by atoms with van der Waals surface area (Å²) < 4.78 is 11.5. The third-order valence-corrected chi connectivity index (χ3v) is 7.57. The van der Waals surface area contributed by atoms with E-state index in [1.54, 1.807) is 0 Å². The number of nitrogens with zero attached hydrogens (tertiary/aromatic N) is 1. The van der Waals surface area contributed by atoms with Gasteiger partial charge in [-0.25, -0.2) is 4.57 Å².